The number of nitrogens with zero attached hydrogens (tertiary/aromatic N) is 1. The number of hydrogen-bond donors (Lipinski definition) is 1. The first kappa shape index (κ1) is 10.7. The van der Waals surface area contributed by atoms with Gasteiger partial charge in [0.1, 0.15) is 0 Å². The Hall–Kier alpha value is -1.84. The number of anilines is 1. The average Bonchev–Trinajstić information content (AvgIpc) is 2.70. The minimum Gasteiger partial charge on any atom is -0.355 e. The Morgan fingerprint density at radius 3 is 2.75 bits per heavy atom. The summed E-state index contributed by atoms with van der Waals surface area (Å²) in [6.07, 6.45) is 0.819. The summed E-state index contributed by atoms with van der Waals surface area (Å²) in [6.45, 7) is 2.27. The van der Waals surface area contributed by atoms with E-state index in [0.29, 0.717) is 12.1 Å². The summed E-state index contributed by atoms with van der Waals surface area (Å²) in [5.41, 5.74) is 2.64. The number of carbonyl (C=O) groups is 2. The molecule has 1 aromatic carbocycles. The smallest absolute Gasteiger partial charge is 0.251 e. The van der Waals surface area contributed by atoms with Gasteiger partial charge in [-0.05, 0) is 30.2 Å². The second-order valence-corrected chi connectivity index (χ2v) is 3.84. The lowest BCUT2D eigenvalue weighted by atomic mass is 10.1. The van der Waals surface area contributed by atoms with Crippen molar-refractivity contribution < 1.29 is 9.59 Å². The van der Waals surface area contributed by atoms with E-state index in [9.17, 15) is 9.59 Å². The molecule has 0 radical (unpaired) electrons. The fraction of sp³-hybridized carbons (Fsp3) is 0.333. The van der Waals surface area contributed by atoms with Gasteiger partial charge in [-0.25, -0.2) is 0 Å². The molecule has 0 atom stereocenters. The van der Waals surface area contributed by atoms with Crippen molar-refractivity contribution in [3.8, 4) is 0 Å². The molecule has 0 unspecified atom stereocenters. The SMILES string of the molecule is CNC(=O)c1ccc2c(c1)CCN2C(C)=O. The molecule has 0 fully saturated rings. The largest absolute Gasteiger partial charge is 0.355 e. The van der Waals surface area contributed by atoms with Crippen LogP contribution in [-0.4, -0.2) is 25.4 Å². The molecule has 0 saturated heterocycles. The van der Waals surface area contributed by atoms with E-state index in [1.807, 2.05) is 12.1 Å². The second kappa shape index (κ2) is 3.96. The van der Waals surface area contributed by atoms with Gasteiger partial charge in [0, 0.05) is 31.8 Å². The number of rotatable bonds is 1. The van der Waals surface area contributed by atoms with E-state index < -0.39 is 0 Å². The molecule has 1 N–H and O–H groups in total. The van der Waals surface area contributed by atoms with Gasteiger partial charge >= 0.3 is 0 Å². The van der Waals surface area contributed by atoms with Crippen LogP contribution in [0.3, 0.4) is 0 Å². The summed E-state index contributed by atoms with van der Waals surface area (Å²) < 4.78 is 0. The number of hydrogen-bond acceptors (Lipinski definition) is 2. The molecule has 2 rings (SSSR count). The predicted molar refractivity (Wildman–Crippen MR) is 61.6 cm³/mol. The van der Waals surface area contributed by atoms with Crippen molar-refractivity contribution in [3.63, 3.8) is 0 Å². The van der Waals surface area contributed by atoms with E-state index in [2.05, 4.69) is 5.32 Å². The van der Waals surface area contributed by atoms with Crippen molar-refractivity contribution in [3.05, 3.63) is 29.3 Å². The topological polar surface area (TPSA) is 49.4 Å². The number of nitrogens with one attached hydrogen (secondary N) is 1. The summed E-state index contributed by atoms with van der Waals surface area (Å²) in [5, 5.41) is 2.59. The fourth-order valence-corrected chi connectivity index (χ4v) is 2.01. The van der Waals surface area contributed by atoms with Crippen LogP contribution in [0.1, 0.15) is 22.8 Å². The maximum Gasteiger partial charge on any atom is 0.251 e. The van der Waals surface area contributed by atoms with Gasteiger partial charge in [-0.3, -0.25) is 9.59 Å². The highest BCUT2D eigenvalue weighted by Gasteiger charge is 2.22. The Labute approximate surface area is 94.2 Å². The summed E-state index contributed by atoms with van der Waals surface area (Å²) in [4.78, 5) is 24.5. The van der Waals surface area contributed by atoms with E-state index in [0.717, 1.165) is 17.7 Å². The van der Waals surface area contributed by atoms with Crippen LogP contribution in [0.25, 0.3) is 0 Å². The summed E-state index contributed by atoms with van der Waals surface area (Å²) in [6, 6.07) is 5.45. The highest BCUT2D eigenvalue weighted by Crippen LogP contribution is 2.28. The molecule has 0 aliphatic carbocycles. The second-order valence-electron chi connectivity index (χ2n) is 3.84. The summed E-state index contributed by atoms with van der Waals surface area (Å²) in [5.74, 6) is -0.0458. The van der Waals surface area contributed by atoms with Gasteiger partial charge in [-0.1, -0.05) is 0 Å². The Morgan fingerprint density at radius 1 is 1.38 bits per heavy atom. The van der Waals surface area contributed by atoms with E-state index in [4.69, 9.17) is 0 Å². The van der Waals surface area contributed by atoms with Crippen molar-refractivity contribution in [1.29, 1.82) is 0 Å². The minimum atomic E-state index is -0.0934. The van der Waals surface area contributed by atoms with Crippen molar-refractivity contribution in [1.82, 2.24) is 5.32 Å². The van der Waals surface area contributed by atoms with Crippen molar-refractivity contribution in [2.24, 2.45) is 0 Å². The summed E-state index contributed by atoms with van der Waals surface area (Å²) in [7, 11) is 1.61. The van der Waals surface area contributed by atoms with Gasteiger partial charge in [0.05, 0.1) is 0 Å². The van der Waals surface area contributed by atoms with Gasteiger partial charge in [0.2, 0.25) is 5.91 Å². The molecule has 0 aromatic heterocycles. The zero-order valence-corrected chi connectivity index (χ0v) is 9.41. The molecule has 84 valence electrons. The molecule has 1 aromatic rings. The van der Waals surface area contributed by atoms with Crippen LogP contribution in [0.5, 0.6) is 0 Å². The lowest BCUT2D eigenvalue weighted by Crippen LogP contribution is -2.25. The van der Waals surface area contributed by atoms with Gasteiger partial charge < -0.3 is 10.2 Å². The fourth-order valence-electron chi connectivity index (χ4n) is 2.01. The van der Waals surface area contributed by atoms with Crippen LogP contribution in [0, 0.1) is 0 Å². The summed E-state index contributed by atoms with van der Waals surface area (Å²) >= 11 is 0. The Bertz CT molecular complexity index is 454. The molecule has 1 aliphatic rings. The molecule has 0 saturated carbocycles. The molecular weight excluding hydrogens is 204 g/mol. The number of fused-ring (bicyclic) bond motifs is 1. The van der Waals surface area contributed by atoms with E-state index in [1.54, 1.807) is 24.9 Å². The van der Waals surface area contributed by atoms with Crippen LogP contribution >= 0.6 is 0 Å². The van der Waals surface area contributed by atoms with Crippen LogP contribution in [-0.2, 0) is 11.2 Å². The maximum atomic E-state index is 11.4. The van der Waals surface area contributed by atoms with Crippen LogP contribution in [0.15, 0.2) is 18.2 Å². The molecular formula is C12H14N2O2. The van der Waals surface area contributed by atoms with Crippen LogP contribution < -0.4 is 10.2 Å². The average molecular weight is 218 g/mol. The van der Waals surface area contributed by atoms with Gasteiger partial charge in [-0.2, -0.15) is 0 Å². The molecule has 4 heteroatoms. The van der Waals surface area contributed by atoms with Crippen molar-refractivity contribution in [2.45, 2.75) is 13.3 Å². The zero-order valence-electron chi connectivity index (χ0n) is 9.41. The third kappa shape index (κ3) is 1.66. The third-order valence-electron chi connectivity index (χ3n) is 2.84. The molecule has 0 spiro atoms. The predicted octanol–water partition coefficient (Wildman–Crippen LogP) is 0.955. The van der Waals surface area contributed by atoms with Crippen molar-refractivity contribution in [2.75, 3.05) is 18.5 Å². The molecule has 2 amide bonds. The van der Waals surface area contributed by atoms with E-state index in [1.165, 1.54) is 0 Å². The first-order valence-corrected chi connectivity index (χ1v) is 5.26. The number of carbonyl (C=O) groups excluding carboxylic acids is 2. The highest BCUT2D eigenvalue weighted by molar-refractivity contribution is 5.97. The first-order valence-electron chi connectivity index (χ1n) is 5.26. The van der Waals surface area contributed by atoms with Crippen LogP contribution in [0.2, 0.25) is 0 Å². The lowest BCUT2D eigenvalue weighted by molar-refractivity contribution is -0.116. The van der Waals surface area contributed by atoms with Crippen molar-refractivity contribution >= 4 is 17.5 Å². The molecule has 16 heavy (non-hydrogen) atoms. The van der Waals surface area contributed by atoms with Gasteiger partial charge in [0.25, 0.3) is 5.91 Å². The number of benzene rings is 1. The van der Waals surface area contributed by atoms with E-state index >= 15 is 0 Å². The van der Waals surface area contributed by atoms with Gasteiger partial charge in [-0.15, -0.1) is 0 Å². The highest BCUT2D eigenvalue weighted by atomic mass is 16.2. The Morgan fingerprint density at radius 2 is 2.12 bits per heavy atom. The quantitative estimate of drug-likeness (QED) is 0.763. The standard InChI is InChI=1S/C12H14N2O2/c1-8(15)14-6-5-9-7-10(12(16)13-2)3-4-11(9)14/h3-4,7H,5-6H2,1-2H3,(H,13,16). The molecule has 1 aliphatic heterocycles. The molecule has 1 heterocycles. The van der Waals surface area contributed by atoms with Crippen LogP contribution in [0.4, 0.5) is 5.69 Å². The Kier molecular flexibility index (Phi) is 2.64. The molecule has 0 bridgehead atoms. The maximum absolute atomic E-state index is 11.4. The Balaban J connectivity index is 2.36. The minimum absolute atomic E-state index is 0.0476. The number of amides is 2. The zero-order chi connectivity index (χ0) is 11.7. The van der Waals surface area contributed by atoms with E-state index in [-0.39, 0.29) is 11.8 Å². The monoisotopic (exact) mass is 218 g/mol. The third-order valence-corrected chi connectivity index (χ3v) is 2.84. The normalized spacial score (nSPS) is 13.5. The first-order chi connectivity index (χ1) is 7.63. The lowest BCUT2D eigenvalue weighted by Gasteiger charge is -2.14. The molecule has 4 nitrogen and oxygen atoms in total. The van der Waals surface area contributed by atoms with Gasteiger partial charge in [0.15, 0.2) is 0 Å².